The number of nitrogens with two attached hydrogens (primary N) is 1. The van der Waals surface area contributed by atoms with Gasteiger partial charge in [0.1, 0.15) is 0 Å². The molecule has 104 valence electrons. The quantitative estimate of drug-likeness (QED) is 0.851. The number of benzene rings is 1. The van der Waals surface area contributed by atoms with Crippen LogP contribution in [0, 0.1) is 0 Å². The minimum absolute atomic E-state index is 0.0368. The van der Waals surface area contributed by atoms with Gasteiger partial charge in [0.2, 0.25) is 0 Å². The molecule has 2 rings (SSSR count). The molecule has 0 aliphatic heterocycles. The van der Waals surface area contributed by atoms with E-state index in [4.69, 9.17) is 10.5 Å². The van der Waals surface area contributed by atoms with Crippen LogP contribution in [0.5, 0.6) is 0 Å². The van der Waals surface area contributed by atoms with Crippen molar-refractivity contribution in [3.8, 4) is 0 Å². The van der Waals surface area contributed by atoms with Crippen LogP contribution in [-0.2, 0) is 11.3 Å². The maximum atomic E-state index is 12.3. The highest BCUT2D eigenvalue weighted by Gasteiger charge is 2.34. The lowest BCUT2D eigenvalue weighted by Crippen LogP contribution is -2.51. The van der Waals surface area contributed by atoms with E-state index in [1.54, 1.807) is 7.11 Å². The van der Waals surface area contributed by atoms with E-state index in [-0.39, 0.29) is 11.4 Å². The first kappa shape index (κ1) is 14.0. The van der Waals surface area contributed by atoms with E-state index in [0.29, 0.717) is 18.7 Å². The van der Waals surface area contributed by atoms with E-state index in [9.17, 15) is 4.79 Å². The average Bonchev–Trinajstić information content (AvgIpc) is 2.88. The van der Waals surface area contributed by atoms with Crippen LogP contribution in [0.4, 0.5) is 0 Å². The predicted octanol–water partition coefficient (Wildman–Crippen LogP) is 1.83. The van der Waals surface area contributed by atoms with Crippen LogP contribution in [0.25, 0.3) is 0 Å². The Bertz CT molecular complexity index is 440. The fourth-order valence-corrected chi connectivity index (χ4v) is 2.71. The minimum atomic E-state index is -0.200. The van der Waals surface area contributed by atoms with Crippen molar-refractivity contribution < 1.29 is 9.53 Å². The molecule has 0 unspecified atom stereocenters. The highest BCUT2D eigenvalue weighted by atomic mass is 16.5. The molecule has 19 heavy (non-hydrogen) atoms. The smallest absolute Gasteiger partial charge is 0.251 e. The molecule has 0 aromatic heterocycles. The molecule has 1 aromatic carbocycles. The molecule has 1 aromatic rings. The number of carbonyl (C=O) groups is 1. The average molecular weight is 262 g/mol. The summed E-state index contributed by atoms with van der Waals surface area (Å²) >= 11 is 0. The molecule has 1 aliphatic carbocycles. The lowest BCUT2D eigenvalue weighted by Gasteiger charge is -2.28. The van der Waals surface area contributed by atoms with Crippen molar-refractivity contribution >= 4 is 5.91 Å². The molecule has 0 bridgehead atoms. The van der Waals surface area contributed by atoms with Crippen LogP contribution in [0.15, 0.2) is 24.3 Å². The predicted molar refractivity (Wildman–Crippen MR) is 74.9 cm³/mol. The first-order valence-electron chi connectivity index (χ1n) is 6.79. The molecule has 1 aliphatic rings. The summed E-state index contributed by atoms with van der Waals surface area (Å²) in [6, 6.07) is 7.53. The second-order valence-corrected chi connectivity index (χ2v) is 5.28. The fourth-order valence-electron chi connectivity index (χ4n) is 2.71. The van der Waals surface area contributed by atoms with Crippen LogP contribution in [-0.4, -0.2) is 25.1 Å². The zero-order valence-corrected chi connectivity index (χ0v) is 11.4. The largest absolute Gasteiger partial charge is 0.380 e. The first-order valence-corrected chi connectivity index (χ1v) is 6.79. The number of rotatable bonds is 5. The molecule has 0 spiro atoms. The van der Waals surface area contributed by atoms with Crippen molar-refractivity contribution in [2.45, 2.75) is 37.8 Å². The molecule has 0 saturated heterocycles. The van der Waals surface area contributed by atoms with Gasteiger partial charge in [-0.2, -0.15) is 0 Å². The van der Waals surface area contributed by atoms with Crippen molar-refractivity contribution in [3.63, 3.8) is 0 Å². The Hall–Kier alpha value is -1.39. The van der Waals surface area contributed by atoms with Gasteiger partial charge in [0.15, 0.2) is 0 Å². The number of carbonyl (C=O) groups excluding carboxylic acids is 1. The van der Waals surface area contributed by atoms with Crippen molar-refractivity contribution in [1.82, 2.24) is 5.32 Å². The van der Waals surface area contributed by atoms with Crippen LogP contribution in [0.1, 0.15) is 41.6 Å². The van der Waals surface area contributed by atoms with Crippen LogP contribution >= 0.6 is 0 Å². The number of hydrogen-bond donors (Lipinski definition) is 2. The van der Waals surface area contributed by atoms with E-state index < -0.39 is 0 Å². The molecule has 0 atom stereocenters. The normalized spacial score (nSPS) is 17.4. The zero-order chi connectivity index (χ0) is 13.7. The number of ether oxygens (including phenoxy) is 1. The summed E-state index contributed by atoms with van der Waals surface area (Å²) < 4.78 is 5.09. The Morgan fingerprint density at radius 3 is 2.79 bits per heavy atom. The van der Waals surface area contributed by atoms with Gasteiger partial charge in [0, 0.05) is 19.2 Å². The minimum Gasteiger partial charge on any atom is -0.380 e. The van der Waals surface area contributed by atoms with Crippen molar-refractivity contribution in [1.29, 1.82) is 0 Å². The monoisotopic (exact) mass is 262 g/mol. The lowest BCUT2D eigenvalue weighted by atomic mass is 9.97. The number of nitrogens with one attached hydrogen (secondary N) is 1. The standard InChI is InChI=1S/C15H22N2O2/c1-19-10-12-5-4-6-13(9-12)14(18)17-15(11-16)7-2-3-8-15/h4-6,9H,2-3,7-8,10-11,16H2,1H3,(H,17,18). The summed E-state index contributed by atoms with van der Waals surface area (Å²) in [7, 11) is 1.65. The SMILES string of the molecule is COCc1cccc(C(=O)NC2(CN)CCCC2)c1. The molecule has 1 fully saturated rings. The van der Waals surface area contributed by atoms with E-state index in [2.05, 4.69) is 5.32 Å². The molecule has 4 nitrogen and oxygen atoms in total. The van der Waals surface area contributed by atoms with Gasteiger partial charge in [-0.1, -0.05) is 25.0 Å². The van der Waals surface area contributed by atoms with E-state index in [1.807, 2.05) is 24.3 Å². The van der Waals surface area contributed by atoms with Gasteiger partial charge in [-0.05, 0) is 30.5 Å². The number of hydrogen-bond acceptors (Lipinski definition) is 3. The molecule has 0 heterocycles. The Balaban J connectivity index is 2.08. The third-order valence-corrected chi connectivity index (χ3v) is 3.83. The molecule has 0 radical (unpaired) electrons. The van der Waals surface area contributed by atoms with Gasteiger partial charge < -0.3 is 15.8 Å². The van der Waals surface area contributed by atoms with Crippen LogP contribution in [0.2, 0.25) is 0 Å². The Morgan fingerprint density at radius 1 is 1.42 bits per heavy atom. The van der Waals surface area contributed by atoms with Gasteiger partial charge >= 0.3 is 0 Å². The van der Waals surface area contributed by atoms with Gasteiger partial charge in [0.05, 0.1) is 12.1 Å². The second-order valence-electron chi connectivity index (χ2n) is 5.28. The number of methoxy groups -OCH3 is 1. The summed E-state index contributed by atoms with van der Waals surface area (Å²) in [6.45, 7) is 1.03. The van der Waals surface area contributed by atoms with E-state index in [1.165, 1.54) is 0 Å². The molecule has 1 amide bonds. The van der Waals surface area contributed by atoms with Crippen LogP contribution in [0.3, 0.4) is 0 Å². The third kappa shape index (κ3) is 3.33. The summed E-state index contributed by atoms with van der Waals surface area (Å²) in [4.78, 5) is 12.3. The number of amides is 1. The van der Waals surface area contributed by atoms with Crippen molar-refractivity contribution in [2.24, 2.45) is 5.73 Å². The highest BCUT2D eigenvalue weighted by Crippen LogP contribution is 2.28. The highest BCUT2D eigenvalue weighted by molar-refractivity contribution is 5.94. The summed E-state index contributed by atoms with van der Waals surface area (Å²) in [5.74, 6) is -0.0368. The van der Waals surface area contributed by atoms with Gasteiger partial charge in [-0.15, -0.1) is 0 Å². The Labute approximate surface area is 114 Å². The fraction of sp³-hybridized carbons (Fsp3) is 0.533. The van der Waals surface area contributed by atoms with Crippen LogP contribution < -0.4 is 11.1 Å². The lowest BCUT2D eigenvalue weighted by molar-refractivity contribution is 0.0903. The first-order chi connectivity index (χ1) is 9.19. The summed E-state index contributed by atoms with van der Waals surface area (Å²) in [5, 5.41) is 3.12. The third-order valence-electron chi connectivity index (χ3n) is 3.83. The summed E-state index contributed by atoms with van der Waals surface area (Å²) in [5.41, 5.74) is 7.32. The Kier molecular flexibility index (Phi) is 4.56. The zero-order valence-electron chi connectivity index (χ0n) is 11.4. The van der Waals surface area contributed by atoms with E-state index in [0.717, 1.165) is 31.2 Å². The topological polar surface area (TPSA) is 64.3 Å². The van der Waals surface area contributed by atoms with Gasteiger partial charge in [-0.3, -0.25) is 4.79 Å². The van der Waals surface area contributed by atoms with Crippen molar-refractivity contribution in [2.75, 3.05) is 13.7 Å². The molecule has 4 heteroatoms. The van der Waals surface area contributed by atoms with Gasteiger partial charge in [0.25, 0.3) is 5.91 Å². The second kappa shape index (κ2) is 6.17. The maximum Gasteiger partial charge on any atom is 0.251 e. The van der Waals surface area contributed by atoms with Crippen molar-refractivity contribution in [3.05, 3.63) is 35.4 Å². The molecular weight excluding hydrogens is 240 g/mol. The molecular formula is C15H22N2O2. The van der Waals surface area contributed by atoms with Gasteiger partial charge in [-0.25, -0.2) is 0 Å². The molecule has 1 saturated carbocycles. The Morgan fingerprint density at radius 2 is 2.16 bits per heavy atom. The van der Waals surface area contributed by atoms with E-state index >= 15 is 0 Å². The maximum absolute atomic E-state index is 12.3. The summed E-state index contributed by atoms with van der Waals surface area (Å²) in [6.07, 6.45) is 4.24. The molecule has 3 N–H and O–H groups in total.